The molecule has 2 N–H and O–H groups in total. The van der Waals surface area contributed by atoms with Gasteiger partial charge in [0.15, 0.2) is 5.82 Å². The van der Waals surface area contributed by atoms with E-state index in [4.69, 9.17) is 0 Å². The number of rotatable bonds is 8. The fourth-order valence-electron chi connectivity index (χ4n) is 6.24. The van der Waals surface area contributed by atoms with Gasteiger partial charge in [0.05, 0.1) is 6.26 Å². The second-order valence-corrected chi connectivity index (χ2v) is 13.7. The number of sulfonamides is 1. The molecule has 0 bridgehead atoms. The number of likely N-dealkylation sites (tertiary alicyclic amines) is 1. The van der Waals surface area contributed by atoms with E-state index in [9.17, 15) is 17.6 Å². The van der Waals surface area contributed by atoms with Crippen LogP contribution in [0.1, 0.15) is 30.4 Å². The van der Waals surface area contributed by atoms with Gasteiger partial charge in [-0.2, -0.15) is 0 Å². The molecule has 2 aliphatic rings. The summed E-state index contributed by atoms with van der Waals surface area (Å²) in [5, 5.41) is 17.8. The molecule has 5 rings (SSSR count). The van der Waals surface area contributed by atoms with Crippen LogP contribution in [0.5, 0.6) is 0 Å². The molecule has 1 unspecified atom stereocenters. The molecule has 11 nitrogen and oxygen atoms in total. The molecule has 3 heterocycles. The highest BCUT2D eigenvalue weighted by Gasteiger charge is 2.36. The maximum Gasteiger partial charge on any atom is 0.319 e. The number of benzene rings is 2. The van der Waals surface area contributed by atoms with Crippen molar-refractivity contribution in [3.05, 3.63) is 59.4 Å². The number of anilines is 1. The van der Waals surface area contributed by atoms with Crippen LogP contribution < -0.4 is 10.6 Å². The molecule has 2 amide bonds. The first-order valence-electron chi connectivity index (χ1n) is 14.4. The van der Waals surface area contributed by atoms with Crippen LogP contribution in [0.2, 0.25) is 0 Å². The van der Waals surface area contributed by atoms with Gasteiger partial charge in [-0.15, -0.1) is 5.10 Å². The molecule has 1 aromatic heterocycles. The third kappa shape index (κ3) is 7.69. The zero-order valence-corrected chi connectivity index (χ0v) is 25.1. The van der Waals surface area contributed by atoms with E-state index < -0.39 is 10.0 Å². The average molecular weight is 599 g/mol. The molecule has 2 saturated heterocycles. The summed E-state index contributed by atoms with van der Waals surface area (Å²) in [5.41, 5.74) is 3.48. The highest BCUT2D eigenvalue weighted by molar-refractivity contribution is 7.88. The van der Waals surface area contributed by atoms with Crippen LogP contribution in [-0.4, -0.2) is 88.9 Å². The summed E-state index contributed by atoms with van der Waals surface area (Å²) < 4.78 is 41.3. The first-order chi connectivity index (χ1) is 20.0. The van der Waals surface area contributed by atoms with Gasteiger partial charge in [0.25, 0.3) is 0 Å². The summed E-state index contributed by atoms with van der Waals surface area (Å²) in [4.78, 5) is 15.6. The van der Waals surface area contributed by atoms with Gasteiger partial charge in [-0.3, -0.25) is 0 Å². The Morgan fingerprint density at radius 3 is 2.60 bits per heavy atom. The minimum absolute atomic E-state index is 0.0680. The maximum absolute atomic E-state index is 13.4. The van der Waals surface area contributed by atoms with Gasteiger partial charge in [0, 0.05) is 56.4 Å². The van der Waals surface area contributed by atoms with Crippen molar-refractivity contribution < 1.29 is 17.6 Å². The SMILES string of the molecule is Cc1cc(NC(=O)N[C@@H]2CCN(S(C)(=O)=O)C[C@H]2CN2CCCC(Cc3ccc(F)cc3)C2)cc(-c2nnnn2C)c1. The van der Waals surface area contributed by atoms with E-state index in [1.807, 2.05) is 37.3 Å². The lowest BCUT2D eigenvalue weighted by atomic mass is 9.88. The summed E-state index contributed by atoms with van der Waals surface area (Å²) >= 11 is 0. The van der Waals surface area contributed by atoms with E-state index in [1.54, 1.807) is 11.7 Å². The predicted octanol–water partition coefficient (Wildman–Crippen LogP) is 3.05. The van der Waals surface area contributed by atoms with E-state index in [1.165, 1.54) is 22.7 Å². The molecule has 42 heavy (non-hydrogen) atoms. The van der Waals surface area contributed by atoms with Crippen molar-refractivity contribution >= 4 is 21.7 Å². The van der Waals surface area contributed by atoms with Gasteiger partial charge < -0.3 is 15.5 Å². The summed E-state index contributed by atoms with van der Waals surface area (Å²) in [6, 6.07) is 11.8. The number of aromatic nitrogens is 4. The fraction of sp³-hybridized carbons (Fsp3) is 0.517. The van der Waals surface area contributed by atoms with E-state index in [0.717, 1.165) is 49.0 Å². The van der Waals surface area contributed by atoms with Crippen molar-refractivity contribution in [3.8, 4) is 11.4 Å². The van der Waals surface area contributed by atoms with E-state index in [0.29, 0.717) is 43.5 Å². The number of tetrazole rings is 1. The number of halogens is 1. The van der Waals surface area contributed by atoms with Crippen molar-refractivity contribution in [3.63, 3.8) is 0 Å². The van der Waals surface area contributed by atoms with Crippen LogP contribution in [0.15, 0.2) is 42.5 Å². The smallest absolute Gasteiger partial charge is 0.319 e. The average Bonchev–Trinajstić information content (AvgIpc) is 3.36. The third-order valence-corrected chi connectivity index (χ3v) is 9.50. The number of amides is 2. The van der Waals surface area contributed by atoms with Crippen LogP contribution in [0.4, 0.5) is 14.9 Å². The van der Waals surface area contributed by atoms with Crippen molar-refractivity contribution in [2.45, 2.75) is 38.6 Å². The topological polar surface area (TPSA) is 125 Å². The summed E-state index contributed by atoms with van der Waals surface area (Å²) in [6.45, 7) is 5.16. The molecular weight excluding hydrogens is 559 g/mol. The largest absolute Gasteiger partial charge is 0.335 e. The van der Waals surface area contributed by atoms with Crippen LogP contribution >= 0.6 is 0 Å². The highest BCUT2D eigenvalue weighted by atomic mass is 32.2. The Morgan fingerprint density at radius 2 is 1.88 bits per heavy atom. The standard InChI is InChI=1S/C29H39FN8O3S/c1-20-13-23(28-33-34-35-36(28)2)16-26(14-20)31-29(39)32-27-10-12-38(42(3,40)41)19-24(27)18-37-11-4-5-22(17-37)15-21-6-8-25(30)9-7-21/h6-9,13-14,16,22,24,27H,4-5,10-12,15,17-19H2,1-3H3,(H2,31,32,39)/t22?,24-,27-/m1/s1. The lowest BCUT2D eigenvalue weighted by Crippen LogP contribution is -2.56. The Hall–Kier alpha value is -3.42. The molecule has 13 heteroatoms. The minimum atomic E-state index is -3.35. The summed E-state index contributed by atoms with van der Waals surface area (Å²) in [5.74, 6) is 0.731. The second-order valence-electron chi connectivity index (χ2n) is 11.7. The van der Waals surface area contributed by atoms with Crippen LogP contribution in [0, 0.1) is 24.6 Å². The molecule has 0 aliphatic carbocycles. The normalized spacial score (nSPS) is 22.1. The van der Waals surface area contributed by atoms with Crippen molar-refractivity contribution in [2.24, 2.45) is 18.9 Å². The van der Waals surface area contributed by atoms with Gasteiger partial charge in [-0.25, -0.2) is 26.6 Å². The third-order valence-electron chi connectivity index (χ3n) is 8.23. The lowest BCUT2D eigenvalue weighted by molar-refractivity contribution is 0.111. The molecule has 2 aliphatic heterocycles. The molecule has 2 aromatic carbocycles. The molecule has 3 aromatic rings. The molecular formula is C29H39FN8O3S. The molecule has 0 spiro atoms. The number of hydrogen-bond donors (Lipinski definition) is 2. The van der Waals surface area contributed by atoms with E-state index in [2.05, 4.69) is 31.1 Å². The summed E-state index contributed by atoms with van der Waals surface area (Å²) in [6.07, 6.45) is 4.79. The van der Waals surface area contributed by atoms with Crippen molar-refractivity contribution in [1.29, 1.82) is 0 Å². The van der Waals surface area contributed by atoms with E-state index >= 15 is 0 Å². The van der Waals surface area contributed by atoms with Gasteiger partial charge in [-0.05, 0) is 97.0 Å². The molecule has 0 saturated carbocycles. The number of hydrogen-bond acceptors (Lipinski definition) is 7. The second kappa shape index (κ2) is 12.8. The Labute approximate surface area is 246 Å². The quantitative estimate of drug-likeness (QED) is 0.408. The van der Waals surface area contributed by atoms with Crippen molar-refractivity contribution in [1.82, 2.24) is 34.7 Å². The zero-order chi connectivity index (χ0) is 29.9. The number of carbonyl (C=O) groups excluding carboxylic acids is 1. The van der Waals surface area contributed by atoms with Gasteiger partial charge in [0.1, 0.15) is 5.82 Å². The number of aryl methyl sites for hydroxylation is 2. The molecule has 0 radical (unpaired) electrons. The summed E-state index contributed by atoms with van der Waals surface area (Å²) in [7, 11) is -1.59. The molecule has 2 fully saturated rings. The number of nitrogens with zero attached hydrogens (tertiary/aromatic N) is 6. The van der Waals surface area contributed by atoms with Gasteiger partial charge in [0.2, 0.25) is 10.0 Å². The van der Waals surface area contributed by atoms with Gasteiger partial charge in [-0.1, -0.05) is 12.1 Å². The number of carbonyl (C=O) groups is 1. The fourth-order valence-corrected chi connectivity index (χ4v) is 7.14. The molecule has 3 atom stereocenters. The Kier molecular flexibility index (Phi) is 9.19. The molecule has 226 valence electrons. The maximum atomic E-state index is 13.4. The zero-order valence-electron chi connectivity index (χ0n) is 24.3. The van der Waals surface area contributed by atoms with Crippen LogP contribution in [0.25, 0.3) is 11.4 Å². The highest BCUT2D eigenvalue weighted by Crippen LogP contribution is 2.26. The lowest BCUT2D eigenvalue weighted by Gasteiger charge is -2.42. The Balaban J connectivity index is 1.25. The minimum Gasteiger partial charge on any atom is -0.335 e. The first-order valence-corrected chi connectivity index (χ1v) is 16.2. The monoisotopic (exact) mass is 598 g/mol. The van der Waals surface area contributed by atoms with E-state index in [-0.39, 0.29) is 23.8 Å². The van der Waals surface area contributed by atoms with Crippen LogP contribution in [-0.2, 0) is 23.5 Å². The number of nitrogens with one attached hydrogen (secondary N) is 2. The Bertz CT molecular complexity index is 1500. The number of urea groups is 1. The Morgan fingerprint density at radius 1 is 1.10 bits per heavy atom. The van der Waals surface area contributed by atoms with Crippen molar-refractivity contribution in [2.75, 3.05) is 44.3 Å². The number of piperidine rings is 2. The van der Waals surface area contributed by atoms with Gasteiger partial charge >= 0.3 is 6.03 Å². The first kappa shape index (κ1) is 30.1. The predicted molar refractivity (Wildman–Crippen MR) is 159 cm³/mol. The van der Waals surface area contributed by atoms with Crippen LogP contribution in [0.3, 0.4) is 0 Å².